The molecule has 1 aromatic rings. The minimum Gasteiger partial charge on any atom is -0.366 e. The van der Waals surface area contributed by atoms with Gasteiger partial charge >= 0.3 is 0 Å². The van der Waals surface area contributed by atoms with Gasteiger partial charge in [0, 0.05) is 17.6 Å². The molecule has 8 heteroatoms. The number of rotatable bonds is 5. The van der Waals surface area contributed by atoms with E-state index in [9.17, 15) is 13.2 Å². The van der Waals surface area contributed by atoms with E-state index in [2.05, 4.69) is 4.72 Å². The van der Waals surface area contributed by atoms with Crippen molar-refractivity contribution in [3.63, 3.8) is 0 Å². The van der Waals surface area contributed by atoms with Gasteiger partial charge in [-0.1, -0.05) is 6.07 Å². The topological polar surface area (TPSA) is 115 Å². The third kappa shape index (κ3) is 4.45. The maximum atomic E-state index is 12.2. The zero-order chi connectivity index (χ0) is 14.8. The Balaban J connectivity index is 0.00000361. The van der Waals surface area contributed by atoms with Crippen molar-refractivity contribution >= 4 is 28.3 Å². The van der Waals surface area contributed by atoms with E-state index in [-0.39, 0.29) is 29.4 Å². The standard InChI is InChI=1S/C12H19N3O3S.ClH/c1-8-4-5-9(6-10(8)11(14)16)19(17,18)15-12(2,3)7-13;/h4-6,15H,7,13H2,1-3H3,(H2,14,16);1H. The highest BCUT2D eigenvalue weighted by Crippen LogP contribution is 2.17. The summed E-state index contributed by atoms with van der Waals surface area (Å²) in [4.78, 5) is 11.2. The minimum atomic E-state index is -3.74. The van der Waals surface area contributed by atoms with Gasteiger partial charge in [-0.3, -0.25) is 4.79 Å². The summed E-state index contributed by atoms with van der Waals surface area (Å²) < 4.78 is 26.8. The van der Waals surface area contributed by atoms with Crippen molar-refractivity contribution in [1.29, 1.82) is 0 Å². The number of primary amides is 1. The zero-order valence-corrected chi connectivity index (χ0v) is 13.3. The molecule has 0 aliphatic rings. The third-order valence-electron chi connectivity index (χ3n) is 2.71. The second-order valence-electron chi connectivity index (χ2n) is 5.03. The number of nitrogens with one attached hydrogen (secondary N) is 1. The van der Waals surface area contributed by atoms with Crippen molar-refractivity contribution in [2.45, 2.75) is 31.2 Å². The molecule has 1 rings (SSSR count). The lowest BCUT2D eigenvalue weighted by atomic mass is 10.1. The number of halogens is 1. The number of carbonyl (C=O) groups is 1. The van der Waals surface area contributed by atoms with Crippen LogP contribution in [0.25, 0.3) is 0 Å². The fraction of sp³-hybridized carbons (Fsp3) is 0.417. The van der Waals surface area contributed by atoms with Gasteiger partial charge in [-0.2, -0.15) is 0 Å². The quantitative estimate of drug-likeness (QED) is 0.733. The Bertz CT molecular complexity index is 600. The highest BCUT2D eigenvalue weighted by molar-refractivity contribution is 7.89. The summed E-state index contributed by atoms with van der Waals surface area (Å²) in [5.74, 6) is -0.660. The van der Waals surface area contributed by atoms with Crippen LogP contribution >= 0.6 is 12.4 Å². The maximum absolute atomic E-state index is 12.2. The average molecular weight is 322 g/mol. The first-order valence-corrected chi connectivity index (χ1v) is 7.22. The van der Waals surface area contributed by atoms with E-state index >= 15 is 0 Å². The van der Waals surface area contributed by atoms with Gasteiger partial charge in [0.1, 0.15) is 0 Å². The second-order valence-corrected chi connectivity index (χ2v) is 6.72. The van der Waals surface area contributed by atoms with Crippen LogP contribution in [0.15, 0.2) is 23.1 Å². The predicted octanol–water partition coefficient (Wildman–Crippen LogP) is 0.531. The summed E-state index contributed by atoms with van der Waals surface area (Å²) in [5.41, 5.74) is 10.7. The van der Waals surface area contributed by atoms with Crippen LogP contribution in [0.4, 0.5) is 0 Å². The van der Waals surface area contributed by atoms with E-state index in [1.165, 1.54) is 12.1 Å². The van der Waals surface area contributed by atoms with Crippen LogP contribution in [0.1, 0.15) is 29.8 Å². The van der Waals surface area contributed by atoms with Gasteiger partial charge in [0.2, 0.25) is 15.9 Å². The van der Waals surface area contributed by atoms with Gasteiger partial charge < -0.3 is 11.5 Å². The van der Waals surface area contributed by atoms with Crippen LogP contribution in [0.5, 0.6) is 0 Å². The van der Waals surface area contributed by atoms with Crippen molar-refractivity contribution in [3.05, 3.63) is 29.3 Å². The number of aryl methyl sites for hydroxylation is 1. The molecule has 0 radical (unpaired) electrons. The Hall–Kier alpha value is -1.15. The number of nitrogens with two attached hydrogens (primary N) is 2. The summed E-state index contributed by atoms with van der Waals surface area (Å²) in [6, 6.07) is 4.24. The first kappa shape index (κ1) is 18.9. The average Bonchev–Trinajstić information content (AvgIpc) is 2.27. The molecule has 0 aromatic heterocycles. The Morgan fingerprint density at radius 1 is 1.35 bits per heavy atom. The monoisotopic (exact) mass is 321 g/mol. The molecular weight excluding hydrogens is 302 g/mol. The summed E-state index contributed by atoms with van der Waals surface area (Å²) in [7, 11) is -3.74. The highest BCUT2D eigenvalue weighted by Gasteiger charge is 2.25. The number of hydrogen-bond donors (Lipinski definition) is 3. The van der Waals surface area contributed by atoms with Crippen molar-refractivity contribution in [1.82, 2.24) is 4.72 Å². The van der Waals surface area contributed by atoms with Crippen LogP contribution < -0.4 is 16.2 Å². The molecule has 1 amide bonds. The van der Waals surface area contributed by atoms with Crippen LogP contribution in [0.2, 0.25) is 0 Å². The SMILES string of the molecule is Cc1ccc(S(=O)(=O)NC(C)(C)CN)cc1C(N)=O.Cl. The summed E-state index contributed by atoms with van der Waals surface area (Å²) in [6.07, 6.45) is 0. The van der Waals surface area contributed by atoms with E-state index < -0.39 is 21.5 Å². The molecule has 0 unspecified atom stereocenters. The molecule has 0 spiro atoms. The van der Waals surface area contributed by atoms with E-state index in [0.717, 1.165) is 0 Å². The van der Waals surface area contributed by atoms with Gasteiger partial charge in [0.05, 0.1) is 4.90 Å². The van der Waals surface area contributed by atoms with Gasteiger partial charge in [0.15, 0.2) is 0 Å². The predicted molar refractivity (Wildman–Crippen MR) is 80.4 cm³/mol. The lowest BCUT2D eigenvalue weighted by molar-refractivity contribution is 0.0999. The number of sulfonamides is 1. The number of carbonyl (C=O) groups excluding carboxylic acids is 1. The largest absolute Gasteiger partial charge is 0.366 e. The number of amides is 1. The second kappa shape index (κ2) is 6.53. The molecule has 0 saturated carbocycles. The molecule has 6 nitrogen and oxygen atoms in total. The van der Waals surface area contributed by atoms with Gasteiger partial charge in [-0.15, -0.1) is 12.4 Å². The van der Waals surface area contributed by atoms with Crippen molar-refractivity contribution < 1.29 is 13.2 Å². The molecular formula is C12H20ClN3O3S. The molecule has 5 N–H and O–H groups in total. The highest BCUT2D eigenvalue weighted by atomic mass is 35.5. The van der Waals surface area contributed by atoms with Crippen LogP contribution in [0, 0.1) is 6.92 Å². The third-order valence-corrected chi connectivity index (χ3v) is 4.40. The normalized spacial score (nSPS) is 11.8. The van der Waals surface area contributed by atoms with Crippen LogP contribution in [-0.4, -0.2) is 26.4 Å². The molecule has 0 fully saturated rings. The number of benzene rings is 1. The van der Waals surface area contributed by atoms with E-state index in [1.54, 1.807) is 26.8 Å². The molecule has 1 aromatic carbocycles. The lowest BCUT2D eigenvalue weighted by Crippen LogP contribution is -2.48. The van der Waals surface area contributed by atoms with Crippen molar-refractivity contribution in [2.75, 3.05) is 6.54 Å². The summed E-state index contributed by atoms with van der Waals surface area (Å²) >= 11 is 0. The maximum Gasteiger partial charge on any atom is 0.249 e. The summed E-state index contributed by atoms with van der Waals surface area (Å²) in [5, 5.41) is 0. The Morgan fingerprint density at radius 3 is 2.35 bits per heavy atom. The summed E-state index contributed by atoms with van der Waals surface area (Å²) in [6.45, 7) is 5.19. The molecule has 0 aliphatic heterocycles. The Kier molecular flexibility index (Phi) is 6.16. The Labute approximate surface area is 125 Å². The van der Waals surface area contributed by atoms with Crippen molar-refractivity contribution in [2.24, 2.45) is 11.5 Å². The lowest BCUT2D eigenvalue weighted by Gasteiger charge is -2.24. The molecule has 20 heavy (non-hydrogen) atoms. The van der Waals surface area contributed by atoms with E-state index in [0.29, 0.717) is 5.56 Å². The van der Waals surface area contributed by atoms with E-state index in [4.69, 9.17) is 11.5 Å². The van der Waals surface area contributed by atoms with Gasteiger partial charge in [0.25, 0.3) is 0 Å². The molecule has 0 aliphatic carbocycles. The van der Waals surface area contributed by atoms with Gasteiger partial charge in [-0.05, 0) is 38.5 Å². The fourth-order valence-corrected chi connectivity index (χ4v) is 2.95. The number of hydrogen-bond acceptors (Lipinski definition) is 4. The first-order chi connectivity index (χ1) is 8.59. The first-order valence-electron chi connectivity index (χ1n) is 5.73. The molecule has 0 bridgehead atoms. The molecule has 114 valence electrons. The Morgan fingerprint density at radius 2 is 1.90 bits per heavy atom. The van der Waals surface area contributed by atoms with Crippen LogP contribution in [0.3, 0.4) is 0 Å². The smallest absolute Gasteiger partial charge is 0.249 e. The van der Waals surface area contributed by atoms with Gasteiger partial charge in [-0.25, -0.2) is 13.1 Å². The fourth-order valence-electron chi connectivity index (χ4n) is 1.50. The molecule has 0 saturated heterocycles. The molecule has 0 heterocycles. The van der Waals surface area contributed by atoms with Crippen LogP contribution in [-0.2, 0) is 10.0 Å². The minimum absolute atomic E-state index is 0. The molecule has 0 atom stereocenters. The van der Waals surface area contributed by atoms with Crippen molar-refractivity contribution in [3.8, 4) is 0 Å². The van der Waals surface area contributed by atoms with E-state index in [1.807, 2.05) is 0 Å². The zero-order valence-electron chi connectivity index (χ0n) is 11.6.